The SMILES string of the molecule is CCCCCCCCCCCCN.CCCCCCCCCCCCNC(=O)O. The predicted molar refractivity (Wildman–Crippen MR) is 129 cm³/mol. The molecule has 0 fully saturated rings. The topological polar surface area (TPSA) is 75.3 Å². The number of carbonyl (C=O) groups is 1. The van der Waals surface area contributed by atoms with Gasteiger partial charge in [0.2, 0.25) is 0 Å². The average Bonchev–Trinajstić information content (AvgIpc) is 2.71. The van der Waals surface area contributed by atoms with E-state index in [2.05, 4.69) is 19.2 Å². The lowest BCUT2D eigenvalue weighted by Crippen LogP contribution is -2.21. The summed E-state index contributed by atoms with van der Waals surface area (Å²) in [6.45, 7) is 5.99. The lowest BCUT2D eigenvalue weighted by Gasteiger charge is -2.02. The highest BCUT2D eigenvalue weighted by molar-refractivity contribution is 5.64. The normalized spacial score (nSPS) is 10.4. The lowest BCUT2D eigenvalue weighted by molar-refractivity contribution is 0.194. The number of carboxylic acid groups (broad SMARTS) is 1. The molecule has 29 heavy (non-hydrogen) atoms. The Morgan fingerprint density at radius 2 is 0.897 bits per heavy atom. The van der Waals surface area contributed by atoms with Crippen molar-refractivity contribution in [1.29, 1.82) is 0 Å². The van der Waals surface area contributed by atoms with E-state index in [1.54, 1.807) is 0 Å². The van der Waals surface area contributed by atoms with Gasteiger partial charge in [-0.05, 0) is 19.4 Å². The molecule has 4 N–H and O–H groups in total. The van der Waals surface area contributed by atoms with Crippen molar-refractivity contribution < 1.29 is 9.90 Å². The fraction of sp³-hybridized carbons (Fsp3) is 0.960. The molecule has 0 aromatic heterocycles. The molecule has 0 heterocycles. The van der Waals surface area contributed by atoms with Crippen molar-refractivity contribution >= 4 is 6.09 Å². The van der Waals surface area contributed by atoms with Crippen LogP contribution < -0.4 is 11.1 Å². The van der Waals surface area contributed by atoms with Gasteiger partial charge in [-0.25, -0.2) is 4.79 Å². The Bertz CT molecular complexity index is 289. The molecule has 0 aliphatic carbocycles. The highest BCUT2D eigenvalue weighted by Gasteiger charge is 1.94. The number of hydrogen-bond acceptors (Lipinski definition) is 2. The number of nitrogens with two attached hydrogens (primary N) is 1. The average molecular weight is 415 g/mol. The van der Waals surface area contributed by atoms with E-state index in [1.807, 2.05) is 0 Å². The van der Waals surface area contributed by atoms with E-state index in [9.17, 15) is 4.79 Å². The summed E-state index contributed by atoms with van der Waals surface area (Å²) in [7, 11) is 0. The summed E-state index contributed by atoms with van der Waals surface area (Å²) >= 11 is 0. The van der Waals surface area contributed by atoms with Crippen molar-refractivity contribution in [2.75, 3.05) is 13.1 Å². The summed E-state index contributed by atoms with van der Waals surface area (Å²) in [5.41, 5.74) is 5.42. The van der Waals surface area contributed by atoms with Crippen LogP contribution in [0.3, 0.4) is 0 Å². The number of amides is 1. The van der Waals surface area contributed by atoms with Crippen LogP contribution >= 0.6 is 0 Å². The Hall–Kier alpha value is -0.770. The van der Waals surface area contributed by atoms with Crippen molar-refractivity contribution in [2.45, 2.75) is 142 Å². The molecule has 0 spiro atoms. The van der Waals surface area contributed by atoms with Crippen LogP contribution in [0.5, 0.6) is 0 Å². The number of hydrogen-bond donors (Lipinski definition) is 3. The molecule has 0 saturated carbocycles. The predicted octanol–water partition coefficient (Wildman–Crippen LogP) is 8.04. The van der Waals surface area contributed by atoms with Crippen molar-refractivity contribution in [2.24, 2.45) is 5.73 Å². The van der Waals surface area contributed by atoms with Crippen LogP contribution in [0, 0.1) is 0 Å². The monoisotopic (exact) mass is 414 g/mol. The molecular weight excluding hydrogens is 360 g/mol. The second kappa shape index (κ2) is 29.4. The zero-order valence-corrected chi connectivity index (χ0v) is 20.0. The van der Waals surface area contributed by atoms with Crippen LogP contribution in [0.15, 0.2) is 0 Å². The van der Waals surface area contributed by atoms with Gasteiger partial charge in [0.15, 0.2) is 0 Å². The third kappa shape index (κ3) is 35.1. The molecule has 1 amide bonds. The Balaban J connectivity index is 0. The maximum Gasteiger partial charge on any atom is 0.404 e. The van der Waals surface area contributed by atoms with Crippen LogP contribution in [0.25, 0.3) is 0 Å². The van der Waals surface area contributed by atoms with Crippen molar-refractivity contribution in [3.63, 3.8) is 0 Å². The zero-order chi connectivity index (χ0) is 21.8. The molecule has 0 saturated heterocycles. The Morgan fingerprint density at radius 3 is 1.21 bits per heavy atom. The molecule has 0 unspecified atom stereocenters. The number of unbranched alkanes of at least 4 members (excludes halogenated alkanes) is 18. The highest BCUT2D eigenvalue weighted by Crippen LogP contribution is 2.11. The minimum atomic E-state index is -0.907. The van der Waals surface area contributed by atoms with Crippen molar-refractivity contribution in [3.05, 3.63) is 0 Å². The smallest absolute Gasteiger partial charge is 0.404 e. The second-order valence-corrected chi connectivity index (χ2v) is 8.38. The van der Waals surface area contributed by atoms with Gasteiger partial charge in [-0.2, -0.15) is 0 Å². The largest absolute Gasteiger partial charge is 0.465 e. The summed E-state index contributed by atoms with van der Waals surface area (Å²) < 4.78 is 0. The summed E-state index contributed by atoms with van der Waals surface area (Å²) in [4.78, 5) is 10.1. The van der Waals surface area contributed by atoms with Crippen LogP contribution in [-0.2, 0) is 0 Å². The van der Waals surface area contributed by atoms with Crippen LogP contribution in [0.2, 0.25) is 0 Å². The third-order valence-corrected chi connectivity index (χ3v) is 5.36. The molecule has 0 aromatic carbocycles. The van der Waals surface area contributed by atoms with Crippen LogP contribution in [0.1, 0.15) is 142 Å². The van der Waals surface area contributed by atoms with Gasteiger partial charge in [0.05, 0.1) is 0 Å². The van der Waals surface area contributed by atoms with Gasteiger partial charge in [0.25, 0.3) is 0 Å². The molecule has 4 nitrogen and oxygen atoms in total. The zero-order valence-electron chi connectivity index (χ0n) is 20.0. The summed E-state index contributed by atoms with van der Waals surface area (Å²) in [5, 5.41) is 10.7. The molecule has 0 atom stereocenters. The van der Waals surface area contributed by atoms with E-state index in [-0.39, 0.29) is 0 Å². The number of nitrogens with one attached hydrogen (secondary N) is 1. The maximum absolute atomic E-state index is 10.1. The molecule has 176 valence electrons. The highest BCUT2D eigenvalue weighted by atomic mass is 16.4. The first kappa shape index (κ1) is 30.4. The molecule has 4 heteroatoms. The van der Waals surface area contributed by atoms with Crippen LogP contribution in [0.4, 0.5) is 4.79 Å². The van der Waals surface area contributed by atoms with Crippen molar-refractivity contribution in [1.82, 2.24) is 5.32 Å². The van der Waals surface area contributed by atoms with Crippen molar-refractivity contribution in [3.8, 4) is 0 Å². The summed E-state index contributed by atoms with van der Waals surface area (Å²) in [6.07, 6.45) is 25.9. The van der Waals surface area contributed by atoms with Gasteiger partial charge < -0.3 is 16.2 Å². The van der Waals surface area contributed by atoms with Gasteiger partial charge in [-0.15, -0.1) is 0 Å². The van der Waals surface area contributed by atoms with Gasteiger partial charge in [0, 0.05) is 6.54 Å². The van der Waals surface area contributed by atoms with E-state index in [1.165, 1.54) is 116 Å². The standard InChI is InChI=1S/C13H27NO2.C12H27N/c1-2-3-4-5-6-7-8-9-10-11-12-14-13(15)16;1-2-3-4-5-6-7-8-9-10-11-12-13/h14H,2-12H2,1H3,(H,15,16);2-13H2,1H3. The summed E-state index contributed by atoms with van der Waals surface area (Å²) in [6, 6.07) is 0. The van der Waals surface area contributed by atoms with E-state index in [0.29, 0.717) is 6.54 Å². The molecule has 0 radical (unpaired) electrons. The minimum absolute atomic E-state index is 0.603. The molecule has 0 bridgehead atoms. The van der Waals surface area contributed by atoms with E-state index < -0.39 is 6.09 Å². The molecule has 0 rings (SSSR count). The molecule has 0 aliphatic heterocycles. The minimum Gasteiger partial charge on any atom is -0.465 e. The first-order chi connectivity index (χ1) is 14.2. The van der Waals surface area contributed by atoms with E-state index >= 15 is 0 Å². The van der Waals surface area contributed by atoms with Crippen LogP contribution in [-0.4, -0.2) is 24.3 Å². The second-order valence-electron chi connectivity index (χ2n) is 8.38. The van der Waals surface area contributed by atoms with E-state index in [0.717, 1.165) is 19.4 Å². The fourth-order valence-electron chi connectivity index (χ4n) is 3.44. The fourth-order valence-corrected chi connectivity index (χ4v) is 3.44. The van der Waals surface area contributed by atoms with E-state index in [4.69, 9.17) is 10.8 Å². The Morgan fingerprint density at radius 1 is 0.586 bits per heavy atom. The summed E-state index contributed by atoms with van der Waals surface area (Å²) in [5.74, 6) is 0. The maximum atomic E-state index is 10.1. The lowest BCUT2D eigenvalue weighted by atomic mass is 10.1. The third-order valence-electron chi connectivity index (χ3n) is 5.36. The molecule has 0 aromatic rings. The Kier molecular flexibility index (Phi) is 30.9. The molecule has 0 aliphatic rings. The number of rotatable bonds is 21. The van der Waals surface area contributed by atoms with Gasteiger partial charge in [-0.3, -0.25) is 0 Å². The molecular formula is C25H54N2O2. The Labute approximate surface area is 182 Å². The quantitative estimate of drug-likeness (QED) is 0.166. The van der Waals surface area contributed by atoms with Gasteiger partial charge in [-0.1, -0.05) is 129 Å². The first-order valence-electron chi connectivity index (χ1n) is 12.9. The first-order valence-corrected chi connectivity index (χ1v) is 12.9. The van der Waals surface area contributed by atoms with Gasteiger partial charge in [0.1, 0.15) is 0 Å². The van der Waals surface area contributed by atoms with Gasteiger partial charge >= 0.3 is 6.09 Å².